The van der Waals surface area contributed by atoms with Gasteiger partial charge in [0, 0.05) is 11.8 Å². The number of carbonyl (C=O) groups excluding carboxylic acids is 2. The van der Waals surface area contributed by atoms with Crippen molar-refractivity contribution in [1.82, 2.24) is 0 Å². The highest BCUT2D eigenvalue weighted by atomic mass is 16.6. The summed E-state index contributed by atoms with van der Waals surface area (Å²) in [6.45, 7) is 15.5. The Kier molecular flexibility index (Phi) is 4.28. The molecule has 0 amide bonds. The molecule has 25 heavy (non-hydrogen) atoms. The van der Waals surface area contributed by atoms with Crippen molar-refractivity contribution in [3.63, 3.8) is 0 Å². The lowest BCUT2D eigenvalue weighted by atomic mass is 9.61. The molecule has 6 unspecified atom stereocenters. The molecule has 3 aliphatic rings. The van der Waals surface area contributed by atoms with E-state index in [4.69, 9.17) is 9.47 Å². The van der Waals surface area contributed by atoms with Crippen LogP contribution in [0, 0.1) is 39.9 Å². The van der Waals surface area contributed by atoms with Crippen molar-refractivity contribution in [3.05, 3.63) is 0 Å². The number of ether oxygens (including phenoxy) is 2. The zero-order valence-corrected chi connectivity index (χ0v) is 16.8. The lowest BCUT2D eigenvalue weighted by molar-refractivity contribution is -0.174. The van der Waals surface area contributed by atoms with Crippen LogP contribution in [0.1, 0.15) is 67.7 Å². The van der Waals surface area contributed by atoms with Gasteiger partial charge >= 0.3 is 11.9 Å². The summed E-state index contributed by atoms with van der Waals surface area (Å²) in [7, 11) is 0. The van der Waals surface area contributed by atoms with E-state index in [0.29, 0.717) is 18.4 Å². The number of fused-ring (bicyclic) bond motifs is 5. The first-order valence-electron chi connectivity index (χ1n) is 9.71. The second kappa shape index (κ2) is 5.72. The molecule has 142 valence electrons. The monoisotopic (exact) mass is 350 g/mol. The molecule has 2 bridgehead atoms. The Morgan fingerprint density at radius 1 is 1.08 bits per heavy atom. The Morgan fingerprint density at radius 3 is 2.28 bits per heavy atom. The third-order valence-corrected chi connectivity index (χ3v) is 7.04. The van der Waals surface area contributed by atoms with Crippen molar-refractivity contribution < 1.29 is 19.1 Å². The molecule has 1 saturated heterocycles. The van der Waals surface area contributed by atoms with E-state index in [1.54, 1.807) is 0 Å². The lowest BCUT2D eigenvalue weighted by Crippen LogP contribution is -2.46. The fourth-order valence-corrected chi connectivity index (χ4v) is 5.41. The van der Waals surface area contributed by atoms with E-state index in [2.05, 4.69) is 48.5 Å². The summed E-state index contributed by atoms with van der Waals surface area (Å²) < 4.78 is 11.4. The zero-order valence-electron chi connectivity index (χ0n) is 16.8. The highest BCUT2D eigenvalue weighted by molar-refractivity contribution is 5.78. The van der Waals surface area contributed by atoms with Crippen molar-refractivity contribution in [2.24, 2.45) is 39.9 Å². The van der Waals surface area contributed by atoms with Crippen molar-refractivity contribution in [2.45, 2.75) is 73.8 Å². The van der Waals surface area contributed by atoms with Gasteiger partial charge in [-0.2, -0.15) is 0 Å². The van der Waals surface area contributed by atoms with Crippen LogP contribution in [0.4, 0.5) is 0 Å². The minimum absolute atomic E-state index is 0.0328. The van der Waals surface area contributed by atoms with E-state index >= 15 is 0 Å². The number of rotatable bonds is 3. The lowest BCUT2D eigenvalue weighted by Gasteiger charge is -2.44. The largest absolute Gasteiger partial charge is 0.465 e. The molecular weight excluding hydrogens is 316 g/mol. The molecule has 1 heterocycles. The van der Waals surface area contributed by atoms with E-state index < -0.39 is 5.41 Å². The highest BCUT2D eigenvalue weighted by Crippen LogP contribution is 2.57. The molecule has 2 aliphatic carbocycles. The SMILES string of the molecule is CC(C)(C)CC(C)(C(=O)OC1CC2CC1C1COC(=O)C21)C(C)(C)C. The number of cyclic esters (lactones) is 1. The Balaban J connectivity index is 1.74. The molecule has 3 fully saturated rings. The maximum Gasteiger partial charge on any atom is 0.312 e. The van der Waals surface area contributed by atoms with E-state index in [0.717, 1.165) is 19.3 Å². The average Bonchev–Trinajstić information content (AvgIpc) is 3.08. The van der Waals surface area contributed by atoms with E-state index in [-0.39, 0.29) is 40.7 Å². The van der Waals surface area contributed by atoms with E-state index in [1.165, 1.54) is 0 Å². The van der Waals surface area contributed by atoms with E-state index in [9.17, 15) is 9.59 Å². The number of hydrogen-bond donors (Lipinski definition) is 0. The van der Waals surface area contributed by atoms with Gasteiger partial charge in [0.15, 0.2) is 0 Å². The first kappa shape index (κ1) is 18.7. The van der Waals surface area contributed by atoms with E-state index in [1.807, 2.05) is 0 Å². The minimum Gasteiger partial charge on any atom is -0.465 e. The highest BCUT2D eigenvalue weighted by Gasteiger charge is 2.61. The molecule has 0 aromatic carbocycles. The summed E-state index contributed by atoms with van der Waals surface area (Å²) in [5, 5.41) is 0. The van der Waals surface area contributed by atoms with Gasteiger partial charge in [0.2, 0.25) is 0 Å². The number of hydrogen-bond acceptors (Lipinski definition) is 4. The van der Waals surface area contributed by atoms with Gasteiger partial charge in [-0.3, -0.25) is 9.59 Å². The van der Waals surface area contributed by atoms with Crippen molar-refractivity contribution in [2.75, 3.05) is 6.61 Å². The van der Waals surface area contributed by atoms with Gasteiger partial charge in [0.25, 0.3) is 0 Å². The molecule has 0 spiro atoms. The van der Waals surface area contributed by atoms with Gasteiger partial charge in [0.1, 0.15) is 6.10 Å². The zero-order chi connectivity index (χ0) is 18.8. The molecule has 2 saturated carbocycles. The van der Waals surface area contributed by atoms with Crippen LogP contribution in [0.25, 0.3) is 0 Å². The molecule has 0 radical (unpaired) electrons. The first-order valence-corrected chi connectivity index (χ1v) is 9.71. The summed E-state index contributed by atoms with van der Waals surface area (Å²) in [5.74, 6) is 0.843. The van der Waals surface area contributed by atoms with Crippen molar-refractivity contribution in [3.8, 4) is 0 Å². The predicted molar refractivity (Wildman–Crippen MR) is 95.7 cm³/mol. The van der Waals surface area contributed by atoms with Gasteiger partial charge in [-0.25, -0.2) is 0 Å². The molecule has 6 atom stereocenters. The summed E-state index contributed by atoms with van der Waals surface area (Å²) in [4.78, 5) is 25.1. The normalized spacial score (nSPS) is 36.8. The number of carbonyl (C=O) groups is 2. The van der Waals surface area contributed by atoms with Crippen LogP contribution in [0.15, 0.2) is 0 Å². The summed E-state index contributed by atoms with van der Waals surface area (Å²) in [6, 6.07) is 0. The first-order chi connectivity index (χ1) is 11.3. The van der Waals surface area contributed by atoms with Gasteiger partial charge < -0.3 is 9.47 Å². The van der Waals surface area contributed by atoms with Crippen molar-refractivity contribution >= 4 is 11.9 Å². The number of esters is 2. The fraction of sp³-hybridized carbons (Fsp3) is 0.905. The quantitative estimate of drug-likeness (QED) is 0.715. The Labute approximate surface area is 152 Å². The Bertz CT molecular complexity index is 567. The second-order valence-corrected chi connectivity index (χ2v) is 11.0. The van der Waals surface area contributed by atoms with Crippen LogP contribution in [0.5, 0.6) is 0 Å². The molecular formula is C21H34O4. The summed E-state index contributed by atoms with van der Waals surface area (Å²) in [5.41, 5.74) is -0.662. The molecule has 4 heteroatoms. The molecule has 1 aliphatic heterocycles. The Morgan fingerprint density at radius 2 is 1.72 bits per heavy atom. The van der Waals surface area contributed by atoms with Gasteiger partial charge in [0.05, 0.1) is 17.9 Å². The third kappa shape index (κ3) is 3.10. The van der Waals surface area contributed by atoms with Crippen LogP contribution >= 0.6 is 0 Å². The standard InChI is InChI=1S/C21H34O4/c1-19(2,3)11-21(7,20(4,5)6)18(23)25-15-9-12-8-13(15)14-10-24-17(22)16(12)14/h12-16H,8-11H2,1-7H3. The second-order valence-electron chi connectivity index (χ2n) is 11.0. The Hall–Kier alpha value is -1.06. The van der Waals surface area contributed by atoms with Crippen LogP contribution < -0.4 is 0 Å². The summed E-state index contributed by atoms with van der Waals surface area (Å²) >= 11 is 0. The fourth-order valence-electron chi connectivity index (χ4n) is 5.41. The van der Waals surface area contributed by atoms with Gasteiger partial charge in [-0.05, 0) is 42.9 Å². The van der Waals surface area contributed by atoms with Gasteiger partial charge in [-0.15, -0.1) is 0 Å². The summed E-state index contributed by atoms with van der Waals surface area (Å²) in [6.07, 6.45) is 2.57. The molecule has 3 rings (SSSR count). The van der Waals surface area contributed by atoms with Crippen LogP contribution in [0.2, 0.25) is 0 Å². The van der Waals surface area contributed by atoms with Crippen LogP contribution in [0.3, 0.4) is 0 Å². The predicted octanol–water partition coefficient (Wildman–Crippen LogP) is 4.22. The van der Waals surface area contributed by atoms with Crippen LogP contribution in [-0.2, 0) is 19.1 Å². The van der Waals surface area contributed by atoms with Gasteiger partial charge in [-0.1, -0.05) is 41.5 Å². The minimum atomic E-state index is -0.533. The van der Waals surface area contributed by atoms with Crippen molar-refractivity contribution in [1.29, 1.82) is 0 Å². The molecule has 0 N–H and O–H groups in total. The molecule has 4 nitrogen and oxygen atoms in total. The topological polar surface area (TPSA) is 52.6 Å². The van der Waals surface area contributed by atoms with Crippen LogP contribution in [-0.4, -0.2) is 24.6 Å². The maximum atomic E-state index is 13.3. The average molecular weight is 350 g/mol. The smallest absolute Gasteiger partial charge is 0.312 e. The maximum absolute atomic E-state index is 13.3. The third-order valence-electron chi connectivity index (χ3n) is 7.04. The molecule has 0 aromatic heterocycles. The molecule has 0 aromatic rings.